The van der Waals surface area contributed by atoms with Crippen LogP contribution in [0.25, 0.3) is 0 Å². The average Bonchev–Trinajstić information content (AvgIpc) is 3.35. The number of sulfonamides is 1. The van der Waals surface area contributed by atoms with Crippen LogP contribution < -0.4 is 29.3 Å². The van der Waals surface area contributed by atoms with Gasteiger partial charge in [0.1, 0.15) is 34.2 Å². The highest BCUT2D eigenvalue weighted by atomic mass is 32.2. The highest BCUT2D eigenvalue weighted by Crippen LogP contribution is 2.40. The number of aryl methyl sites for hydroxylation is 1. The fourth-order valence-electron chi connectivity index (χ4n) is 4.00. The fraction of sp³-hybridized carbons (Fsp3) is 0.375. The molecule has 0 aliphatic carbocycles. The molecule has 0 saturated carbocycles. The van der Waals surface area contributed by atoms with Crippen LogP contribution in [0.4, 0.5) is 5.69 Å². The van der Waals surface area contributed by atoms with Crippen molar-refractivity contribution in [1.82, 2.24) is 30.1 Å². The standard InChI is InChI=1S/C24H30N8O6S/c1-14-10-27-16(12-26-14)22(38-6)15(2)39(33,34)31-24-30-29-23(17-11-25-13-20(28-17)37-5)32(24)21-18(35-3)8-7-9-19(21)36-4/h7-13,15,22,24,30-31H,1-6H3/t15-,22-,24?/m0/s1. The van der Waals surface area contributed by atoms with Crippen LogP contribution in [0.2, 0.25) is 0 Å². The van der Waals surface area contributed by atoms with Gasteiger partial charge in [0.15, 0.2) is 12.1 Å². The number of nitrogens with one attached hydrogen (secondary N) is 2. The Morgan fingerprint density at radius 2 is 1.72 bits per heavy atom. The van der Waals surface area contributed by atoms with Gasteiger partial charge < -0.3 is 18.9 Å². The van der Waals surface area contributed by atoms with E-state index in [1.54, 1.807) is 36.2 Å². The molecule has 3 heterocycles. The molecule has 0 fully saturated rings. The maximum Gasteiger partial charge on any atom is 0.232 e. The van der Waals surface area contributed by atoms with Crippen molar-refractivity contribution in [1.29, 1.82) is 0 Å². The number of amidine groups is 1. The van der Waals surface area contributed by atoms with Gasteiger partial charge in [0.05, 0.1) is 51.3 Å². The van der Waals surface area contributed by atoms with Crippen molar-refractivity contribution in [3.63, 3.8) is 0 Å². The van der Waals surface area contributed by atoms with Crippen molar-refractivity contribution in [2.45, 2.75) is 31.5 Å². The Bertz CT molecular complexity index is 1410. The third kappa shape index (κ3) is 5.69. The Labute approximate surface area is 226 Å². The van der Waals surface area contributed by atoms with Crippen molar-refractivity contribution in [3.8, 4) is 17.4 Å². The summed E-state index contributed by atoms with van der Waals surface area (Å²) in [6.45, 7) is 3.31. The topological polar surface area (TPSA) is 162 Å². The van der Waals surface area contributed by atoms with Gasteiger partial charge in [0, 0.05) is 13.3 Å². The number of rotatable bonds is 11. The molecule has 0 bridgehead atoms. The molecular weight excluding hydrogens is 528 g/mol. The molecule has 1 unspecified atom stereocenters. The van der Waals surface area contributed by atoms with E-state index < -0.39 is 27.7 Å². The summed E-state index contributed by atoms with van der Waals surface area (Å²) in [5.74, 6) is 1.31. The maximum absolute atomic E-state index is 13.7. The zero-order valence-corrected chi connectivity index (χ0v) is 23.1. The highest BCUT2D eigenvalue weighted by Gasteiger charge is 2.40. The molecule has 0 amide bonds. The summed E-state index contributed by atoms with van der Waals surface area (Å²) in [7, 11) is 1.80. The van der Waals surface area contributed by atoms with Gasteiger partial charge in [0.2, 0.25) is 15.9 Å². The number of methoxy groups -OCH3 is 4. The molecule has 1 aromatic carbocycles. The summed E-state index contributed by atoms with van der Waals surface area (Å²) < 4.78 is 52.0. The van der Waals surface area contributed by atoms with Crippen LogP contribution in [0.5, 0.6) is 17.4 Å². The van der Waals surface area contributed by atoms with Crippen LogP contribution in [0.15, 0.2) is 48.1 Å². The minimum Gasteiger partial charge on any atom is -0.494 e. The van der Waals surface area contributed by atoms with Crippen molar-refractivity contribution in [3.05, 3.63) is 60.1 Å². The van der Waals surface area contributed by atoms with Crippen molar-refractivity contribution in [2.75, 3.05) is 33.3 Å². The Hall–Kier alpha value is -4.08. The van der Waals surface area contributed by atoms with E-state index in [-0.39, 0.29) is 11.7 Å². The van der Waals surface area contributed by atoms with Crippen LogP contribution >= 0.6 is 0 Å². The average molecular weight is 559 g/mol. The molecule has 0 saturated heterocycles. The second kappa shape index (κ2) is 11.8. The van der Waals surface area contributed by atoms with Crippen LogP contribution in [0.3, 0.4) is 0 Å². The van der Waals surface area contributed by atoms with Gasteiger partial charge in [-0.15, -0.1) is 0 Å². The monoisotopic (exact) mass is 558 g/mol. The molecule has 15 heteroatoms. The van der Waals surface area contributed by atoms with Gasteiger partial charge in [-0.3, -0.25) is 25.3 Å². The molecule has 4 rings (SSSR count). The molecule has 2 aromatic heterocycles. The van der Waals surface area contributed by atoms with E-state index in [0.29, 0.717) is 34.3 Å². The summed E-state index contributed by atoms with van der Waals surface area (Å²) in [5, 5.41) is 3.32. The summed E-state index contributed by atoms with van der Waals surface area (Å²) in [6, 6.07) is 5.19. The highest BCUT2D eigenvalue weighted by molar-refractivity contribution is 7.90. The first kappa shape index (κ1) is 27.9. The minimum absolute atomic E-state index is 0.247. The Morgan fingerprint density at radius 3 is 2.31 bits per heavy atom. The molecule has 208 valence electrons. The molecule has 39 heavy (non-hydrogen) atoms. The molecule has 3 atom stereocenters. The van der Waals surface area contributed by atoms with Crippen LogP contribution in [0.1, 0.15) is 30.1 Å². The molecule has 1 aliphatic rings. The van der Waals surface area contributed by atoms with Crippen molar-refractivity contribution >= 4 is 21.5 Å². The largest absolute Gasteiger partial charge is 0.494 e. The van der Waals surface area contributed by atoms with E-state index in [1.807, 2.05) is 0 Å². The lowest BCUT2D eigenvalue weighted by molar-refractivity contribution is 0.0979. The summed E-state index contributed by atoms with van der Waals surface area (Å²) in [4.78, 5) is 18.7. The molecule has 0 radical (unpaired) electrons. The Balaban J connectivity index is 1.74. The van der Waals surface area contributed by atoms with Gasteiger partial charge in [-0.1, -0.05) is 6.07 Å². The number of para-hydroxylation sites is 1. The number of hydrogen-bond acceptors (Lipinski definition) is 13. The summed E-state index contributed by atoms with van der Waals surface area (Å²) in [5.41, 5.74) is 4.64. The van der Waals surface area contributed by atoms with Gasteiger partial charge in [-0.2, -0.15) is 9.82 Å². The van der Waals surface area contributed by atoms with Crippen LogP contribution in [0, 0.1) is 6.92 Å². The Morgan fingerprint density at radius 1 is 1.00 bits per heavy atom. The molecule has 1 aliphatic heterocycles. The van der Waals surface area contributed by atoms with E-state index in [2.05, 4.69) is 35.2 Å². The third-order valence-corrected chi connectivity index (χ3v) is 7.79. The summed E-state index contributed by atoms with van der Waals surface area (Å²) in [6.07, 6.45) is 3.98. The smallest absolute Gasteiger partial charge is 0.232 e. The van der Waals surface area contributed by atoms with Gasteiger partial charge in [0.25, 0.3) is 0 Å². The number of hydrazone groups is 1. The first-order valence-corrected chi connectivity index (χ1v) is 13.3. The minimum atomic E-state index is -4.07. The lowest BCUT2D eigenvalue weighted by Gasteiger charge is -2.31. The first-order valence-electron chi connectivity index (χ1n) is 11.8. The van der Waals surface area contributed by atoms with Gasteiger partial charge in [-0.05, 0) is 26.0 Å². The quantitative estimate of drug-likeness (QED) is 0.348. The van der Waals surface area contributed by atoms with Gasteiger partial charge in [-0.25, -0.2) is 13.4 Å². The number of hydrogen-bond donors (Lipinski definition) is 2. The number of aromatic nitrogens is 4. The number of benzene rings is 1. The third-order valence-electron chi connectivity index (χ3n) is 6.01. The molecular formula is C24H30N8O6S. The van der Waals surface area contributed by atoms with Crippen molar-refractivity contribution in [2.24, 2.45) is 5.10 Å². The van der Waals surface area contributed by atoms with E-state index in [0.717, 1.165) is 0 Å². The van der Waals surface area contributed by atoms with Crippen LogP contribution in [-0.4, -0.2) is 74.2 Å². The van der Waals surface area contributed by atoms with E-state index in [9.17, 15) is 8.42 Å². The fourth-order valence-corrected chi connectivity index (χ4v) is 5.26. The van der Waals surface area contributed by atoms with Gasteiger partial charge >= 0.3 is 0 Å². The lowest BCUT2D eigenvalue weighted by atomic mass is 10.2. The van der Waals surface area contributed by atoms with Crippen LogP contribution in [-0.2, 0) is 14.8 Å². The van der Waals surface area contributed by atoms with E-state index in [4.69, 9.17) is 18.9 Å². The van der Waals surface area contributed by atoms with Crippen molar-refractivity contribution < 1.29 is 27.4 Å². The second-order valence-electron chi connectivity index (χ2n) is 8.40. The van der Waals surface area contributed by atoms with E-state index in [1.165, 1.54) is 54.0 Å². The SMILES string of the molecule is COc1cncc(C2=NNC(NS(=O)(=O)[C@@H](C)[C@H](OC)c3cnc(C)cn3)N2c2c(OC)cccc2OC)n1. The molecule has 3 aromatic rings. The molecule has 14 nitrogen and oxygen atoms in total. The normalized spacial score (nSPS) is 16.7. The lowest BCUT2D eigenvalue weighted by Crippen LogP contribution is -2.55. The molecule has 2 N–H and O–H groups in total. The predicted octanol–water partition coefficient (Wildman–Crippen LogP) is 1.35. The maximum atomic E-state index is 13.7. The number of nitrogens with zero attached hydrogens (tertiary/aromatic N) is 6. The predicted molar refractivity (Wildman–Crippen MR) is 142 cm³/mol. The molecule has 0 spiro atoms. The number of anilines is 1. The summed E-state index contributed by atoms with van der Waals surface area (Å²) >= 11 is 0. The zero-order valence-electron chi connectivity index (χ0n) is 22.3. The van der Waals surface area contributed by atoms with E-state index >= 15 is 0 Å². The second-order valence-corrected chi connectivity index (χ2v) is 10.5. The zero-order chi connectivity index (χ0) is 28.2. The number of ether oxygens (including phenoxy) is 4. The Kier molecular flexibility index (Phi) is 8.42. The first-order chi connectivity index (χ1) is 18.7.